The molecular weight excluding hydrogens is 188 g/mol. The van der Waals surface area contributed by atoms with Crippen molar-refractivity contribution in [3.05, 3.63) is 41.0 Å². The van der Waals surface area contributed by atoms with Crippen LogP contribution in [0.25, 0.3) is 6.08 Å². The Bertz CT molecular complexity index is 361. The average molecular weight is 204 g/mol. The van der Waals surface area contributed by atoms with Crippen LogP contribution in [0.5, 0.6) is 0 Å². The topological polar surface area (TPSA) is 37.3 Å². The fourth-order valence-corrected chi connectivity index (χ4v) is 1.37. The van der Waals surface area contributed by atoms with Crippen molar-refractivity contribution in [2.75, 3.05) is 0 Å². The first kappa shape index (κ1) is 11.5. The Morgan fingerprint density at radius 2 is 1.93 bits per heavy atom. The number of rotatable bonds is 4. The Hall–Kier alpha value is -1.57. The van der Waals surface area contributed by atoms with E-state index in [4.69, 9.17) is 5.11 Å². The minimum Gasteiger partial charge on any atom is -0.478 e. The minimum atomic E-state index is -0.822. The lowest BCUT2D eigenvalue weighted by atomic mass is 10.1. The smallest absolute Gasteiger partial charge is 0.331 e. The number of carboxylic acids is 1. The monoisotopic (exact) mass is 204 g/mol. The fourth-order valence-electron chi connectivity index (χ4n) is 1.37. The molecule has 0 radical (unpaired) electrons. The van der Waals surface area contributed by atoms with Crippen LogP contribution >= 0.6 is 0 Å². The highest BCUT2D eigenvalue weighted by atomic mass is 16.4. The molecule has 1 rings (SSSR count). The zero-order chi connectivity index (χ0) is 11.3. The molecule has 0 aliphatic heterocycles. The van der Waals surface area contributed by atoms with E-state index in [0.717, 1.165) is 12.0 Å². The maximum Gasteiger partial charge on any atom is 0.331 e. The van der Waals surface area contributed by atoms with Gasteiger partial charge in [-0.3, -0.25) is 0 Å². The van der Waals surface area contributed by atoms with E-state index >= 15 is 0 Å². The maximum absolute atomic E-state index is 10.9. The van der Waals surface area contributed by atoms with E-state index in [1.807, 2.05) is 38.1 Å². The minimum absolute atomic E-state index is 0.473. The van der Waals surface area contributed by atoms with Gasteiger partial charge < -0.3 is 5.11 Å². The highest BCUT2D eigenvalue weighted by molar-refractivity contribution is 5.92. The van der Waals surface area contributed by atoms with Gasteiger partial charge in [-0.25, -0.2) is 4.79 Å². The first-order chi connectivity index (χ1) is 7.13. The molecule has 0 spiro atoms. The molecule has 0 aliphatic carbocycles. The van der Waals surface area contributed by atoms with E-state index in [9.17, 15) is 4.79 Å². The van der Waals surface area contributed by atoms with Gasteiger partial charge in [0.05, 0.1) is 0 Å². The summed E-state index contributed by atoms with van der Waals surface area (Å²) < 4.78 is 0. The molecule has 0 bridgehead atoms. The number of carboxylic acid groups (broad SMARTS) is 1. The third kappa shape index (κ3) is 3.58. The van der Waals surface area contributed by atoms with E-state index in [2.05, 4.69) is 0 Å². The summed E-state index contributed by atoms with van der Waals surface area (Å²) in [6.07, 6.45) is 3.21. The molecule has 1 N–H and O–H groups in total. The first-order valence-electron chi connectivity index (χ1n) is 5.14. The summed E-state index contributed by atoms with van der Waals surface area (Å²) >= 11 is 0. The van der Waals surface area contributed by atoms with Gasteiger partial charge in [-0.2, -0.15) is 0 Å². The van der Waals surface area contributed by atoms with Gasteiger partial charge in [-0.05, 0) is 25.0 Å². The number of hydrogen-bond donors (Lipinski definition) is 1. The van der Waals surface area contributed by atoms with E-state index in [0.29, 0.717) is 12.0 Å². The molecule has 0 atom stereocenters. The van der Waals surface area contributed by atoms with Crippen LogP contribution in [0, 0.1) is 6.92 Å². The molecule has 80 valence electrons. The molecule has 0 saturated heterocycles. The number of aliphatic carboxylic acids is 1. The van der Waals surface area contributed by atoms with Crippen LogP contribution in [-0.4, -0.2) is 11.1 Å². The average Bonchev–Trinajstić information content (AvgIpc) is 2.20. The third-order valence-corrected chi connectivity index (χ3v) is 2.21. The zero-order valence-electron chi connectivity index (χ0n) is 9.16. The van der Waals surface area contributed by atoms with Crippen LogP contribution in [0.1, 0.15) is 30.9 Å². The first-order valence-corrected chi connectivity index (χ1v) is 5.14. The van der Waals surface area contributed by atoms with Gasteiger partial charge >= 0.3 is 5.97 Å². The second-order valence-electron chi connectivity index (χ2n) is 3.64. The Kier molecular flexibility index (Phi) is 4.10. The molecular formula is C13H16O2. The summed E-state index contributed by atoms with van der Waals surface area (Å²) in [4.78, 5) is 10.9. The third-order valence-electron chi connectivity index (χ3n) is 2.21. The number of aryl methyl sites for hydroxylation is 1. The van der Waals surface area contributed by atoms with Crippen molar-refractivity contribution in [3.63, 3.8) is 0 Å². The summed E-state index contributed by atoms with van der Waals surface area (Å²) in [5.74, 6) is -0.822. The van der Waals surface area contributed by atoms with Crippen LogP contribution in [0.2, 0.25) is 0 Å². The van der Waals surface area contributed by atoms with E-state index in [-0.39, 0.29) is 0 Å². The summed E-state index contributed by atoms with van der Waals surface area (Å²) in [5, 5.41) is 8.95. The van der Waals surface area contributed by atoms with Gasteiger partial charge in [0.15, 0.2) is 0 Å². The Labute approximate surface area is 90.3 Å². The van der Waals surface area contributed by atoms with Crippen LogP contribution in [0.4, 0.5) is 0 Å². The maximum atomic E-state index is 10.9. The van der Waals surface area contributed by atoms with Gasteiger partial charge in [-0.1, -0.05) is 43.2 Å². The van der Waals surface area contributed by atoms with E-state index < -0.39 is 5.97 Å². The van der Waals surface area contributed by atoms with Crippen molar-refractivity contribution in [3.8, 4) is 0 Å². The molecule has 2 heteroatoms. The van der Waals surface area contributed by atoms with Crippen molar-refractivity contribution in [1.82, 2.24) is 0 Å². The predicted molar refractivity (Wildman–Crippen MR) is 61.7 cm³/mol. The molecule has 1 aromatic rings. The van der Waals surface area contributed by atoms with Gasteiger partial charge in [0, 0.05) is 5.57 Å². The molecule has 15 heavy (non-hydrogen) atoms. The van der Waals surface area contributed by atoms with Crippen molar-refractivity contribution >= 4 is 12.0 Å². The van der Waals surface area contributed by atoms with Crippen molar-refractivity contribution in [1.29, 1.82) is 0 Å². The lowest BCUT2D eigenvalue weighted by molar-refractivity contribution is -0.132. The molecule has 0 fully saturated rings. The second kappa shape index (κ2) is 5.35. The van der Waals surface area contributed by atoms with Gasteiger partial charge in [0.1, 0.15) is 0 Å². The number of carbonyl (C=O) groups is 1. The summed E-state index contributed by atoms with van der Waals surface area (Å²) in [7, 11) is 0. The molecule has 0 heterocycles. The Balaban J connectivity index is 2.91. The number of benzene rings is 1. The summed E-state index contributed by atoms with van der Waals surface area (Å²) in [6, 6.07) is 7.84. The highest BCUT2D eigenvalue weighted by Gasteiger charge is 2.05. The van der Waals surface area contributed by atoms with E-state index in [1.165, 1.54) is 5.56 Å². The fraction of sp³-hybridized carbons (Fsp3) is 0.308. The predicted octanol–water partition coefficient (Wildman–Crippen LogP) is 3.26. The molecule has 0 amide bonds. The molecule has 0 aliphatic rings. The molecule has 0 unspecified atom stereocenters. The quantitative estimate of drug-likeness (QED) is 0.764. The SMILES string of the molecule is CCC/C(=C\c1ccc(C)cc1)C(=O)O. The lowest BCUT2D eigenvalue weighted by Crippen LogP contribution is -1.99. The Morgan fingerprint density at radius 1 is 1.33 bits per heavy atom. The van der Waals surface area contributed by atoms with Crippen LogP contribution in [-0.2, 0) is 4.79 Å². The number of hydrogen-bond acceptors (Lipinski definition) is 1. The lowest BCUT2D eigenvalue weighted by Gasteiger charge is -2.00. The summed E-state index contributed by atoms with van der Waals surface area (Å²) in [6.45, 7) is 3.99. The van der Waals surface area contributed by atoms with Gasteiger partial charge in [0.25, 0.3) is 0 Å². The highest BCUT2D eigenvalue weighted by Crippen LogP contribution is 2.12. The zero-order valence-corrected chi connectivity index (χ0v) is 9.16. The summed E-state index contributed by atoms with van der Waals surface area (Å²) in [5.41, 5.74) is 2.60. The molecule has 0 aromatic heterocycles. The van der Waals surface area contributed by atoms with Gasteiger partial charge in [0.2, 0.25) is 0 Å². The van der Waals surface area contributed by atoms with Crippen LogP contribution < -0.4 is 0 Å². The van der Waals surface area contributed by atoms with Crippen molar-refractivity contribution < 1.29 is 9.90 Å². The van der Waals surface area contributed by atoms with E-state index in [1.54, 1.807) is 6.08 Å². The van der Waals surface area contributed by atoms with Gasteiger partial charge in [-0.15, -0.1) is 0 Å². The second-order valence-corrected chi connectivity index (χ2v) is 3.64. The standard InChI is InChI=1S/C13H16O2/c1-3-4-12(13(14)15)9-11-7-5-10(2)6-8-11/h5-9H,3-4H2,1-2H3,(H,14,15)/b12-9+. The largest absolute Gasteiger partial charge is 0.478 e. The normalized spacial score (nSPS) is 11.5. The van der Waals surface area contributed by atoms with Crippen LogP contribution in [0.15, 0.2) is 29.8 Å². The molecule has 0 saturated carbocycles. The molecule has 2 nitrogen and oxygen atoms in total. The van der Waals surface area contributed by atoms with Crippen molar-refractivity contribution in [2.24, 2.45) is 0 Å². The Morgan fingerprint density at radius 3 is 2.40 bits per heavy atom. The van der Waals surface area contributed by atoms with Crippen LogP contribution in [0.3, 0.4) is 0 Å². The van der Waals surface area contributed by atoms with Crippen molar-refractivity contribution in [2.45, 2.75) is 26.7 Å². The molecule has 1 aromatic carbocycles.